The van der Waals surface area contributed by atoms with Crippen molar-refractivity contribution < 1.29 is 14.6 Å². The van der Waals surface area contributed by atoms with E-state index in [0.29, 0.717) is 23.1 Å². The molecule has 1 aromatic carbocycles. The highest BCUT2D eigenvalue weighted by Crippen LogP contribution is 2.32. The van der Waals surface area contributed by atoms with Gasteiger partial charge in [0.05, 0.1) is 23.2 Å². The van der Waals surface area contributed by atoms with Gasteiger partial charge in [-0.15, -0.1) is 11.3 Å². The molecule has 3 rings (SSSR count). The van der Waals surface area contributed by atoms with Crippen LogP contribution in [-0.4, -0.2) is 28.2 Å². The topological polar surface area (TPSA) is 84.3 Å². The van der Waals surface area contributed by atoms with Crippen molar-refractivity contribution in [2.24, 2.45) is 0 Å². The number of ether oxygens (including phenoxy) is 1. The fourth-order valence-corrected chi connectivity index (χ4v) is 3.53. The molecule has 2 aromatic heterocycles. The van der Waals surface area contributed by atoms with Gasteiger partial charge >= 0.3 is 5.97 Å². The zero-order valence-corrected chi connectivity index (χ0v) is 16.3. The lowest BCUT2D eigenvalue weighted by Gasteiger charge is -2.16. The van der Waals surface area contributed by atoms with Gasteiger partial charge in [-0.05, 0) is 42.5 Å². The highest BCUT2D eigenvalue weighted by molar-refractivity contribution is 7.13. The van der Waals surface area contributed by atoms with Gasteiger partial charge < -0.3 is 15.2 Å². The summed E-state index contributed by atoms with van der Waals surface area (Å²) in [5.74, 6) is 0.854. The molecule has 0 amide bonds. The van der Waals surface area contributed by atoms with Gasteiger partial charge in [0, 0.05) is 11.3 Å². The number of aryl methyl sites for hydroxylation is 1. The van der Waals surface area contributed by atoms with Crippen LogP contribution in [0.25, 0.3) is 10.7 Å². The second-order valence-electron chi connectivity index (χ2n) is 5.85. The first-order chi connectivity index (χ1) is 13.1. The summed E-state index contributed by atoms with van der Waals surface area (Å²) in [6, 6.07) is 8.71. The van der Waals surface area contributed by atoms with Crippen molar-refractivity contribution in [1.82, 2.24) is 9.97 Å². The van der Waals surface area contributed by atoms with Crippen molar-refractivity contribution >= 4 is 28.8 Å². The SMILES string of the molecule is CCc1nc(-c2cccs2)nc(Nc2ccc(C(=O)O)cc2OC)c1CC. The van der Waals surface area contributed by atoms with Crippen molar-refractivity contribution in [1.29, 1.82) is 0 Å². The Bertz CT molecular complexity index is 955. The normalized spacial score (nSPS) is 10.6. The number of benzene rings is 1. The Morgan fingerprint density at radius 1 is 1.22 bits per heavy atom. The van der Waals surface area contributed by atoms with Gasteiger partial charge in [-0.2, -0.15) is 0 Å². The monoisotopic (exact) mass is 383 g/mol. The molecule has 7 heteroatoms. The van der Waals surface area contributed by atoms with Crippen molar-refractivity contribution in [3.05, 3.63) is 52.5 Å². The van der Waals surface area contributed by atoms with E-state index in [0.717, 1.165) is 29.0 Å². The molecule has 0 unspecified atom stereocenters. The number of hydrogen-bond donors (Lipinski definition) is 2. The summed E-state index contributed by atoms with van der Waals surface area (Å²) in [4.78, 5) is 21.7. The Hall–Kier alpha value is -2.93. The van der Waals surface area contributed by atoms with Crippen LogP contribution < -0.4 is 10.1 Å². The lowest BCUT2D eigenvalue weighted by Crippen LogP contribution is -2.08. The number of carbonyl (C=O) groups is 1. The maximum absolute atomic E-state index is 11.2. The highest BCUT2D eigenvalue weighted by Gasteiger charge is 2.16. The molecule has 0 bridgehead atoms. The average molecular weight is 383 g/mol. The largest absolute Gasteiger partial charge is 0.495 e. The summed E-state index contributed by atoms with van der Waals surface area (Å²) in [5.41, 5.74) is 2.88. The number of aromatic nitrogens is 2. The molecule has 0 aliphatic rings. The van der Waals surface area contributed by atoms with Gasteiger partial charge in [0.2, 0.25) is 0 Å². The lowest BCUT2D eigenvalue weighted by atomic mass is 10.1. The molecule has 0 radical (unpaired) electrons. The maximum atomic E-state index is 11.2. The minimum atomic E-state index is -0.996. The number of thiophene rings is 1. The third-order valence-electron chi connectivity index (χ3n) is 4.22. The smallest absolute Gasteiger partial charge is 0.335 e. The zero-order valence-electron chi connectivity index (χ0n) is 15.4. The summed E-state index contributed by atoms with van der Waals surface area (Å²) < 4.78 is 5.37. The number of aromatic carboxylic acids is 1. The number of carboxylic acid groups (broad SMARTS) is 1. The summed E-state index contributed by atoms with van der Waals surface area (Å²) in [6.07, 6.45) is 1.58. The van der Waals surface area contributed by atoms with E-state index in [1.54, 1.807) is 23.5 Å². The van der Waals surface area contributed by atoms with E-state index in [1.165, 1.54) is 13.2 Å². The number of rotatable bonds is 7. The summed E-state index contributed by atoms with van der Waals surface area (Å²) in [6.45, 7) is 4.14. The van der Waals surface area contributed by atoms with Crippen LogP contribution in [0, 0.1) is 0 Å². The fraction of sp³-hybridized carbons (Fsp3) is 0.250. The molecule has 27 heavy (non-hydrogen) atoms. The summed E-state index contributed by atoms with van der Waals surface area (Å²) >= 11 is 1.59. The van der Waals surface area contributed by atoms with Gasteiger partial charge in [0.25, 0.3) is 0 Å². The molecule has 0 spiro atoms. The molecule has 2 heterocycles. The number of methoxy groups -OCH3 is 1. The van der Waals surface area contributed by atoms with E-state index in [1.807, 2.05) is 17.5 Å². The van der Waals surface area contributed by atoms with E-state index in [9.17, 15) is 9.90 Å². The molecule has 140 valence electrons. The first-order valence-electron chi connectivity index (χ1n) is 8.69. The average Bonchev–Trinajstić information content (AvgIpc) is 3.22. The van der Waals surface area contributed by atoms with Crippen LogP contribution in [0.1, 0.15) is 35.5 Å². The zero-order chi connectivity index (χ0) is 19.4. The second-order valence-corrected chi connectivity index (χ2v) is 6.80. The maximum Gasteiger partial charge on any atom is 0.335 e. The van der Waals surface area contributed by atoms with Crippen molar-refractivity contribution in [3.8, 4) is 16.5 Å². The Kier molecular flexibility index (Phi) is 5.71. The quantitative estimate of drug-likeness (QED) is 0.611. The second kappa shape index (κ2) is 8.18. The first-order valence-corrected chi connectivity index (χ1v) is 9.57. The highest BCUT2D eigenvalue weighted by atomic mass is 32.1. The molecule has 0 atom stereocenters. The molecule has 2 N–H and O–H groups in total. The number of nitrogens with zero attached hydrogens (tertiary/aromatic N) is 2. The molecule has 0 aliphatic heterocycles. The predicted molar refractivity (Wildman–Crippen MR) is 107 cm³/mol. The van der Waals surface area contributed by atoms with Crippen LogP contribution in [0.15, 0.2) is 35.7 Å². The Morgan fingerprint density at radius 2 is 2.04 bits per heavy atom. The van der Waals surface area contributed by atoms with Crippen molar-refractivity contribution in [3.63, 3.8) is 0 Å². The summed E-state index contributed by atoms with van der Waals surface area (Å²) in [7, 11) is 1.52. The molecule has 0 fully saturated rings. The van der Waals surface area contributed by atoms with Crippen molar-refractivity contribution in [2.75, 3.05) is 12.4 Å². The molecule has 0 saturated heterocycles. The standard InChI is InChI=1S/C20H21N3O3S/c1-4-13-14(5-2)21-19(17-7-6-10-27-17)23-18(13)22-15-9-8-12(20(24)25)11-16(15)26-3/h6-11H,4-5H2,1-3H3,(H,24,25)(H,21,22,23). The van der Waals surface area contributed by atoms with Crippen LogP contribution in [0.4, 0.5) is 11.5 Å². The fourth-order valence-electron chi connectivity index (χ4n) is 2.87. The Morgan fingerprint density at radius 3 is 2.63 bits per heavy atom. The molecule has 6 nitrogen and oxygen atoms in total. The molecular weight excluding hydrogens is 362 g/mol. The van der Waals surface area contributed by atoms with Gasteiger partial charge in [-0.25, -0.2) is 14.8 Å². The molecule has 0 aliphatic carbocycles. The van der Waals surface area contributed by atoms with E-state index >= 15 is 0 Å². The van der Waals surface area contributed by atoms with E-state index < -0.39 is 5.97 Å². The third-order valence-corrected chi connectivity index (χ3v) is 5.09. The number of nitrogens with one attached hydrogen (secondary N) is 1. The van der Waals surface area contributed by atoms with Gasteiger partial charge in [-0.3, -0.25) is 0 Å². The van der Waals surface area contributed by atoms with Crippen LogP contribution in [0.5, 0.6) is 5.75 Å². The van der Waals surface area contributed by atoms with Gasteiger partial charge in [-0.1, -0.05) is 19.9 Å². The van der Waals surface area contributed by atoms with Crippen LogP contribution in [0.2, 0.25) is 0 Å². The van der Waals surface area contributed by atoms with Crippen molar-refractivity contribution in [2.45, 2.75) is 26.7 Å². The third kappa shape index (κ3) is 3.93. The van der Waals surface area contributed by atoms with Crippen LogP contribution >= 0.6 is 11.3 Å². The van der Waals surface area contributed by atoms with Crippen LogP contribution in [0.3, 0.4) is 0 Å². The van der Waals surface area contributed by atoms with Crippen LogP contribution in [-0.2, 0) is 12.8 Å². The summed E-state index contributed by atoms with van der Waals surface area (Å²) in [5, 5.41) is 14.5. The van der Waals surface area contributed by atoms with E-state index in [2.05, 4.69) is 19.2 Å². The minimum absolute atomic E-state index is 0.171. The van der Waals surface area contributed by atoms with E-state index in [-0.39, 0.29) is 5.56 Å². The Labute approximate surface area is 161 Å². The molecule has 0 saturated carbocycles. The number of hydrogen-bond acceptors (Lipinski definition) is 6. The molecular formula is C20H21N3O3S. The number of anilines is 2. The van der Waals surface area contributed by atoms with Gasteiger partial charge in [0.15, 0.2) is 5.82 Å². The molecule has 3 aromatic rings. The Balaban J connectivity index is 2.08. The minimum Gasteiger partial charge on any atom is -0.495 e. The van der Waals surface area contributed by atoms with E-state index in [4.69, 9.17) is 14.7 Å². The lowest BCUT2D eigenvalue weighted by molar-refractivity contribution is 0.0696. The predicted octanol–water partition coefficient (Wildman–Crippen LogP) is 4.78. The van der Waals surface area contributed by atoms with Gasteiger partial charge in [0.1, 0.15) is 11.6 Å². The number of carboxylic acids is 1. The first kappa shape index (κ1) is 18.8.